The average Bonchev–Trinajstić information content (AvgIpc) is 3.39. The van der Waals surface area contributed by atoms with Crippen LogP contribution in [0.2, 0.25) is 0 Å². The van der Waals surface area contributed by atoms with Crippen LogP contribution in [0.4, 0.5) is 16.2 Å². The first-order valence-electron chi connectivity index (χ1n) is 14.0. The number of ether oxygens (including phenoxy) is 1. The molecule has 4 fully saturated rings. The number of hydrogen-bond donors (Lipinski definition) is 2. The van der Waals surface area contributed by atoms with E-state index in [1.165, 1.54) is 0 Å². The summed E-state index contributed by atoms with van der Waals surface area (Å²) in [5.74, 6) is 0.746. The van der Waals surface area contributed by atoms with Crippen LogP contribution >= 0.6 is 0 Å². The third kappa shape index (κ3) is 4.29. The molecule has 0 unspecified atom stereocenters. The largest absolute Gasteiger partial charge is 0.380 e. The standard InChI is InChI=1S/C29H30N8O4/c1-17-2-3-18(25-33-27(41-34-25)19-11-35(12-19)28(39)31-20-4-5-20)8-23(17)32-26(38)22-10-30-37-7-6-21(9-24(22)37)36-13-29(14-36)15-40-16-29/h2-3,6-10,19-20H,4-5,11-16H2,1H3,(H,31,39)(H,32,38). The maximum Gasteiger partial charge on any atom is 0.317 e. The van der Waals surface area contributed by atoms with Gasteiger partial charge in [-0.3, -0.25) is 4.79 Å². The van der Waals surface area contributed by atoms with E-state index < -0.39 is 0 Å². The Labute approximate surface area is 235 Å². The normalized spacial score (nSPS) is 19.5. The Morgan fingerprint density at radius 1 is 1.10 bits per heavy atom. The Kier molecular flexibility index (Phi) is 5.36. The fourth-order valence-electron chi connectivity index (χ4n) is 5.76. The van der Waals surface area contributed by atoms with Crippen LogP contribution in [0.3, 0.4) is 0 Å². The Balaban J connectivity index is 0.963. The monoisotopic (exact) mass is 554 g/mol. The number of carbonyl (C=O) groups excluding carboxylic acids is 2. The molecule has 12 nitrogen and oxygen atoms in total. The number of aromatic nitrogens is 4. The highest BCUT2D eigenvalue weighted by Crippen LogP contribution is 2.40. The summed E-state index contributed by atoms with van der Waals surface area (Å²) in [6.07, 6.45) is 5.61. The van der Waals surface area contributed by atoms with Gasteiger partial charge in [0.15, 0.2) is 0 Å². The van der Waals surface area contributed by atoms with Gasteiger partial charge < -0.3 is 29.7 Å². The zero-order chi connectivity index (χ0) is 27.7. The summed E-state index contributed by atoms with van der Waals surface area (Å²) in [6.45, 7) is 6.65. The number of aryl methyl sites for hydroxylation is 1. The van der Waals surface area contributed by atoms with Gasteiger partial charge in [-0.2, -0.15) is 10.1 Å². The molecule has 1 saturated carbocycles. The predicted molar refractivity (Wildman–Crippen MR) is 149 cm³/mol. The van der Waals surface area contributed by atoms with Crippen LogP contribution in [0.25, 0.3) is 16.9 Å². The SMILES string of the molecule is Cc1ccc(-c2noc(C3CN(C(=O)NC4CC4)C3)n2)cc1NC(=O)c1cnn2ccc(N3CC4(COC4)C3)cc12. The van der Waals surface area contributed by atoms with Crippen molar-refractivity contribution in [1.29, 1.82) is 0 Å². The Hall–Kier alpha value is -4.45. The van der Waals surface area contributed by atoms with Crippen LogP contribution < -0.4 is 15.5 Å². The van der Waals surface area contributed by atoms with Gasteiger partial charge in [0.1, 0.15) is 0 Å². The molecule has 1 aliphatic carbocycles. The second kappa shape index (κ2) is 9.03. The molecule has 0 radical (unpaired) electrons. The molecule has 2 N–H and O–H groups in total. The first kappa shape index (κ1) is 24.4. The number of amides is 3. The number of urea groups is 1. The Bertz CT molecular complexity index is 1670. The maximum atomic E-state index is 13.4. The average molecular weight is 555 g/mol. The Morgan fingerprint density at radius 3 is 2.68 bits per heavy atom. The number of nitrogens with zero attached hydrogens (tertiary/aromatic N) is 6. The third-order valence-electron chi connectivity index (χ3n) is 8.59. The lowest BCUT2D eigenvalue weighted by Gasteiger charge is -2.56. The summed E-state index contributed by atoms with van der Waals surface area (Å²) in [6, 6.07) is 10.0. The second-order valence-corrected chi connectivity index (χ2v) is 11.9. The van der Waals surface area contributed by atoms with Crippen molar-refractivity contribution >= 4 is 28.8 Å². The van der Waals surface area contributed by atoms with Crippen LogP contribution in [0, 0.1) is 12.3 Å². The molecule has 1 spiro atoms. The highest BCUT2D eigenvalue weighted by Gasteiger charge is 2.49. The van der Waals surface area contributed by atoms with Crippen molar-refractivity contribution in [3.05, 3.63) is 59.7 Å². The van der Waals surface area contributed by atoms with E-state index >= 15 is 0 Å². The molecule has 41 heavy (non-hydrogen) atoms. The molecule has 4 aliphatic rings. The first-order chi connectivity index (χ1) is 19.9. The van der Waals surface area contributed by atoms with Crippen molar-refractivity contribution in [2.24, 2.45) is 5.41 Å². The molecule has 6 heterocycles. The van der Waals surface area contributed by atoms with Crippen LogP contribution in [0.1, 0.15) is 40.6 Å². The fourth-order valence-corrected chi connectivity index (χ4v) is 5.76. The number of carbonyl (C=O) groups is 2. The summed E-state index contributed by atoms with van der Waals surface area (Å²) < 4.78 is 12.7. The van der Waals surface area contributed by atoms with E-state index in [0.717, 1.165) is 61.5 Å². The number of anilines is 2. The molecule has 210 valence electrons. The minimum absolute atomic E-state index is 0.0233. The lowest BCUT2D eigenvalue weighted by molar-refractivity contribution is -0.127. The maximum absolute atomic E-state index is 13.4. The van der Waals surface area contributed by atoms with Crippen LogP contribution in [-0.4, -0.2) is 82.0 Å². The number of hydrogen-bond acceptors (Lipinski definition) is 8. The van der Waals surface area contributed by atoms with Crippen LogP contribution in [-0.2, 0) is 4.74 Å². The highest BCUT2D eigenvalue weighted by molar-refractivity contribution is 6.09. The molecule has 0 bridgehead atoms. The third-order valence-corrected chi connectivity index (χ3v) is 8.59. The van der Waals surface area contributed by atoms with Gasteiger partial charge in [-0.05, 0) is 43.5 Å². The van der Waals surface area contributed by atoms with E-state index in [0.29, 0.717) is 47.5 Å². The summed E-state index contributed by atoms with van der Waals surface area (Å²) in [5.41, 5.74) is 4.94. The summed E-state index contributed by atoms with van der Waals surface area (Å²) in [7, 11) is 0. The van der Waals surface area contributed by atoms with Crippen molar-refractivity contribution in [3.8, 4) is 11.4 Å². The lowest BCUT2D eigenvalue weighted by Crippen LogP contribution is -2.66. The number of likely N-dealkylation sites (tertiary alicyclic amines) is 1. The molecule has 12 heteroatoms. The molecular formula is C29H30N8O4. The smallest absolute Gasteiger partial charge is 0.317 e. The second-order valence-electron chi connectivity index (χ2n) is 11.9. The molecule has 0 atom stereocenters. The van der Waals surface area contributed by atoms with E-state index in [-0.39, 0.29) is 17.9 Å². The predicted octanol–water partition coefficient (Wildman–Crippen LogP) is 3.05. The van der Waals surface area contributed by atoms with Gasteiger partial charge in [0.25, 0.3) is 5.91 Å². The number of benzene rings is 1. The van der Waals surface area contributed by atoms with E-state index in [2.05, 4.69) is 30.8 Å². The summed E-state index contributed by atoms with van der Waals surface area (Å²) in [4.78, 5) is 34.3. The molecule has 3 aliphatic heterocycles. The minimum atomic E-state index is -0.238. The fraction of sp³-hybridized carbons (Fsp3) is 0.414. The molecular weight excluding hydrogens is 524 g/mol. The van der Waals surface area contributed by atoms with Gasteiger partial charge in [0, 0.05) is 55.4 Å². The van der Waals surface area contributed by atoms with E-state index in [1.54, 1.807) is 15.6 Å². The van der Waals surface area contributed by atoms with Crippen molar-refractivity contribution in [2.75, 3.05) is 49.6 Å². The van der Waals surface area contributed by atoms with E-state index in [9.17, 15) is 9.59 Å². The Morgan fingerprint density at radius 2 is 1.93 bits per heavy atom. The molecule has 8 rings (SSSR count). The highest BCUT2D eigenvalue weighted by atomic mass is 16.5. The van der Waals surface area contributed by atoms with Crippen LogP contribution in [0.15, 0.2) is 47.2 Å². The topological polar surface area (TPSA) is 130 Å². The molecule has 4 aromatic rings. The minimum Gasteiger partial charge on any atom is -0.380 e. The number of pyridine rings is 1. The van der Waals surface area contributed by atoms with Gasteiger partial charge >= 0.3 is 6.03 Å². The molecule has 3 aromatic heterocycles. The van der Waals surface area contributed by atoms with Crippen molar-refractivity contribution in [2.45, 2.75) is 31.7 Å². The quantitative estimate of drug-likeness (QED) is 0.372. The zero-order valence-corrected chi connectivity index (χ0v) is 22.7. The van der Waals surface area contributed by atoms with E-state index in [1.807, 2.05) is 43.5 Å². The van der Waals surface area contributed by atoms with Gasteiger partial charge in [-0.1, -0.05) is 17.3 Å². The molecule has 1 aromatic carbocycles. The first-order valence-corrected chi connectivity index (χ1v) is 14.0. The lowest BCUT2D eigenvalue weighted by atomic mass is 9.78. The molecule has 3 amide bonds. The number of nitrogens with one attached hydrogen (secondary N) is 2. The van der Waals surface area contributed by atoms with Crippen LogP contribution in [0.5, 0.6) is 0 Å². The summed E-state index contributed by atoms with van der Waals surface area (Å²) >= 11 is 0. The number of fused-ring (bicyclic) bond motifs is 1. The van der Waals surface area contributed by atoms with Crippen molar-refractivity contribution in [1.82, 2.24) is 30.0 Å². The van der Waals surface area contributed by atoms with Crippen molar-refractivity contribution < 1.29 is 18.8 Å². The van der Waals surface area contributed by atoms with Gasteiger partial charge in [-0.25, -0.2) is 9.31 Å². The zero-order valence-electron chi connectivity index (χ0n) is 22.7. The van der Waals surface area contributed by atoms with E-state index in [4.69, 9.17) is 9.26 Å². The van der Waals surface area contributed by atoms with Gasteiger partial charge in [0.2, 0.25) is 11.7 Å². The van der Waals surface area contributed by atoms with Gasteiger partial charge in [-0.15, -0.1) is 0 Å². The number of rotatable bonds is 6. The molecule has 3 saturated heterocycles. The van der Waals surface area contributed by atoms with Gasteiger partial charge in [0.05, 0.1) is 41.8 Å². The van der Waals surface area contributed by atoms with Crippen molar-refractivity contribution in [3.63, 3.8) is 0 Å². The summed E-state index contributed by atoms with van der Waals surface area (Å²) in [5, 5.41) is 14.6.